The lowest BCUT2D eigenvalue weighted by Gasteiger charge is -2.16. The highest BCUT2D eigenvalue weighted by molar-refractivity contribution is 9.10. The van der Waals surface area contributed by atoms with Crippen molar-refractivity contribution >= 4 is 27.5 Å². The Balaban J connectivity index is 1.92. The highest BCUT2D eigenvalue weighted by atomic mass is 79.9. The van der Waals surface area contributed by atoms with Crippen molar-refractivity contribution in [2.45, 2.75) is 25.8 Å². The van der Waals surface area contributed by atoms with Crippen LogP contribution in [0.4, 0.5) is 5.69 Å². The number of nitrogens with two attached hydrogens (primary N) is 1. The molecule has 1 saturated carbocycles. The van der Waals surface area contributed by atoms with Crippen molar-refractivity contribution in [2.24, 2.45) is 0 Å². The Kier molecular flexibility index (Phi) is 4.47. The molecule has 0 spiro atoms. The first kappa shape index (κ1) is 14.3. The van der Waals surface area contributed by atoms with Gasteiger partial charge in [0, 0.05) is 34.9 Å². The minimum atomic E-state index is -0.0605. The summed E-state index contributed by atoms with van der Waals surface area (Å²) in [7, 11) is 2.10. The maximum Gasteiger partial charge on any atom is 0.251 e. The Morgan fingerprint density at radius 3 is 2.84 bits per heavy atom. The van der Waals surface area contributed by atoms with Crippen LogP contribution in [-0.2, 0) is 0 Å². The average Bonchev–Trinajstić information content (AvgIpc) is 3.17. The van der Waals surface area contributed by atoms with Crippen molar-refractivity contribution in [3.05, 3.63) is 27.7 Å². The summed E-state index contributed by atoms with van der Waals surface area (Å²) in [6.45, 7) is 3.42. The molecule has 2 rings (SSSR count). The number of benzene rings is 1. The number of anilines is 1. The Hall–Kier alpha value is -1.07. The van der Waals surface area contributed by atoms with Gasteiger partial charge in [-0.25, -0.2) is 0 Å². The van der Waals surface area contributed by atoms with Gasteiger partial charge in [-0.3, -0.25) is 4.79 Å². The maximum atomic E-state index is 12.1. The van der Waals surface area contributed by atoms with E-state index in [2.05, 4.69) is 33.2 Å². The first-order valence-electron chi connectivity index (χ1n) is 6.53. The van der Waals surface area contributed by atoms with Gasteiger partial charge < -0.3 is 16.0 Å². The molecule has 1 aliphatic carbocycles. The lowest BCUT2D eigenvalue weighted by atomic mass is 10.1. The molecule has 0 saturated heterocycles. The summed E-state index contributed by atoms with van der Waals surface area (Å²) in [6.07, 6.45) is 2.57. The zero-order chi connectivity index (χ0) is 14.0. The van der Waals surface area contributed by atoms with Gasteiger partial charge in [-0.2, -0.15) is 0 Å². The molecule has 0 heterocycles. The molecule has 1 fully saturated rings. The van der Waals surface area contributed by atoms with E-state index < -0.39 is 0 Å². The van der Waals surface area contributed by atoms with Crippen molar-refractivity contribution in [3.63, 3.8) is 0 Å². The second-order valence-corrected chi connectivity index (χ2v) is 6.05. The molecule has 1 aromatic rings. The van der Waals surface area contributed by atoms with Crippen molar-refractivity contribution < 1.29 is 4.79 Å². The average molecular weight is 326 g/mol. The van der Waals surface area contributed by atoms with Crippen molar-refractivity contribution in [1.29, 1.82) is 0 Å². The van der Waals surface area contributed by atoms with Crippen LogP contribution < -0.4 is 11.1 Å². The molecule has 19 heavy (non-hydrogen) atoms. The van der Waals surface area contributed by atoms with E-state index in [1.54, 1.807) is 0 Å². The zero-order valence-electron chi connectivity index (χ0n) is 11.4. The maximum absolute atomic E-state index is 12.1. The predicted molar refractivity (Wildman–Crippen MR) is 81.3 cm³/mol. The van der Waals surface area contributed by atoms with E-state index in [1.165, 1.54) is 12.8 Å². The Morgan fingerprint density at radius 1 is 1.53 bits per heavy atom. The van der Waals surface area contributed by atoms with Crippen LogP contribution in [0.15, 0.2) is 16.6 Å². The minimum Gasteiger partial charge on any atom is -0.398 e. The fourth-order valence-corrected chi connectivity index (χ4v) is 2.55. The molecule has 0 radical (unpaired) electrons. The third kappa shape index (κ3) is 3.70. The van der Waals surface area contributed by atoms with E-state index in [4.69, 9.17) is 5.73 Å². The number of likely N-dealkylation sites (N-methyl/N-ethyl adjacent to an activating group) is 1. The van der Waals surface area contributed by atoms with Crippen LogP contribution in [0.3, 0.4) is 0 Å². The molecular formula is C14H20BrN3O. The molecule has 0 atom stereocenters. The first-order valence-corrected chi connectivity index (χ1v) is 7.32. The summed E-state index contributed by atoms with van der Waals surface area (Å²) in [4.78, 5) is 14.4. The minimum absolute atomic E-state index is 0.0605. The van der Waals surface area contributed by atoms with Gasteiger partial charge in [-0.05, 0) is 44.5 Å². The third-order valence-electron chi connectivity index (χ3n) is 3.58. The fourth-order valence-electron chi connectivity index (χ4n) is 2.07. The molecule has 0 aliphatic heterocycles. The van der Waals surface area contributed by atoms with Gasteiger partial charge in [0.1, 0.15) is 0 Å². The molecule has 4 nitrogen and oxygen atoms in total. The SMILES string of the molecule is Cc1c(N)cc(Br)cc1C(=O)NCCN(C)C1CC1. The second kappa shape index (κ2) is 5.92. The molecule has 5 heteroatoms. The lowest BCUT2D eigenvalue weighted by Crippen LogP contribution is -2.34. The molecule has 0 unspecified atom stereocenters. The molecule has 1 amide bonds. The third-order valence-corrected chi connectivity index (χ3v) is 4.04. The van der Waals surface area contributed by atoms with Gasteiger partial charge in [0.15, 0.2) is 0 Å². The Bertz CT molecular complexity index is 486. The summed E-state index contributed by atoms with van der Waals surface area (Å²) in [5.41, 5.74) is 7.97. The molecular weight excluding hydrogens is 306 g/mol. The molecule has 1 aromatic carbocycles. The predicted octanol–water partition coefficient (Wildman–Crippen LogP) is 2.16. The van der Waals surface area contributed by atoms with E-state index >= 15 is 0 Å². The summed E-state index contributed by atoms with van der Waals surface area (Å²) in [5, 5.41) is 2.95. The molecule has 1 aliphatic rings. The van der Waals surface area contributed by atoms with Gasteiger partial charge in [0.25, 0.3) is 5.91 Å². The van der Waals surface area contributed by atoms with Crippen LogP contribution in [-0.4, -0.2) is 37.0 Å². The second-order valence-electron chi connectivity index (χ2n) is 5.14. The zero-order valence-corrected chi connectivity index (χ0v) is 13.0. The number of hydrogen-bond donors (Lipinski definition) is 2. The molecule has 0 aromatic heterocycles. The van der Waals surface area contributed by atoms with Gasteiger partial charge in [0.2, 0.25) is 0 Å². The smallest absolute Gasteiger partial charge is 0.251 e. The van der Waals surface area contributed by atoms with E-state index in [-0.39, 0.29) is 5.91 Å². The van der Waals surface area contributed by atoms with Crippen LogP contribution in [0, 0.1) is 6.92 Å². The number of nitrogens with one attached hydrogen (secondary N) is 1. The summed E-state index contributed by atoms with van der Waals surface area (Å²) in [5.74, 6) is -0.0605. The number of carbonyl (C=O) groups is 1. The van der Waals surface area contributed by atoms with Gasteiger partial charge >= 0.3 is 0 Å². The Labute approximate surface area is 122 Å². The highest BCUT2D eigenvalue weighted by Gasteiger charge is 2.25. The number of amides is 1. The quantitative estimate of drug-likeness (QED) is 0.816. The first-order chi connectivity index (χ1) is 8.99. The monoisotopic (exact) mass is 325 g/mol. The number of carbonyl (C=O) groups excluding carboxylic acids is 1. The fraction of sp³-hybridized carbons (Fsp3) is 0.500. The van der Waals surface area contributed by atoms with Crippen molar-refractivity contribution in [3.8, 4) is 0 Å². The number of hydrogen-bond acceptors (Lipinski definition) is 3. The van der Waals surface area contributed by atoms with Crippen molar-refractivity contribution in [2.75, 3.05) is 25.9 Å². The standard InChI is InChI=1S/C14H20BrN3O/c1-9-12(7-10(15)8-13(9)16)14(19)17-5-6-18(2)11-3-4-11/h7-8,11H,3-6,16H2,1-2H3,(H,17,19). The summed E-state index contributed by atoms with van der Waals surface area (Å²) >= 11 is 3.37. The normalized spacial score (nSPS) is 14.7. The van der Waals surface area contributed by atoms with Gasteiger partial charge in [-0.15, -0.1) is 0 Å². The van der Waals surface area contributed by atoms with Crippen LogP contribution in [0.1, 0.15) is 28.8 Å². The number of nitrogen functional groups attached to an aromatic ring is 1. The van der Waals surface area contributed by atoms with E-state index in [9.17, 15) is 4.79 Å². The largest absolute Gasteiger partial charge is 0.398 e. The van der Waals surface area contributed by atoms with Crippen LogP contribution in [0.2, 0.25) is 0 Å². The summed E-state index contributed by atoms with van der Waals surface area (Å²) in [6, 6.07) is 4.35. The summed E-state index contributed by atoms with van der Waals surface area (Å²) < 4.78 is 0.829. The van der Waals surface area contributed by atoms with Crippen LogP contribution in [0.25, 0.3) is 0 Å². The van der Waals surface area contributed by atoms with E-state index in [0.29, 0.717) is 17.8 Å². The van der Waals surface area contributed by atoms with Gasteiger partial charge in [-0.1, -0.05) is 15.9 Å². The number of rotatable bonds is 5. The molecule has 3 N–H and O–H groups in total. The number of halogens is 1. The molecule has 0 bridgehead atoms. The van der Waals surface area contributed by atoms with E-state index in [1.807, 2.05) is 19.1 Å². The Morgan fingerprint density at radius 2 is 2.21 bits per heavy atom. The van der Waals surface area contributed by atoms with Crippen LogP contribution in [0.5, 0.6) is 0 Å². The topological polar surface area (TPSA) is 58.4 Å². The number of nitrogens with zero attached hydrogens (tertiary/aromatic N) is 1. The lowest BCUT2D eigenvalue weighted by molar-refractivity contribution is 0.0949. The van der Waals surface area contributed by atoms with Gasteiger partial charge in [0.05, 0.1) is 0 Å². The van der Waals surface area contributed by atoms with E-state index in [0.717, 1.165) is 22.6 Å². The molecule has 104 valence electrons. The van der Waals surface area contributed by atoms with Crippen molar-refractivity contribution in [1.82, 2.24) is 10.2 Å². The highest BCUT2D eigenvalue weighted by Crippen LogP contribution is 2.25. The van der Waals surface area contributed by atoms with Crippen LogP contribution >= 0.6 is 15.9 Å².